The minimum atomic E-state index is -0.237. The standard InChI is InChI=1S/C10H10N2O/c11-6-7-5-8(1-2-9(7)13)10(12)3-4-10/h1-2,5,13H,3-4,12H2. The van der Waals surface area contributed by atoms with Crippen LogP contribution in [0.3, 0.4) is 0 Å². The lowest BCUT2D eigenvalue weighted by molar-refractivity contribution is 0.473. The molecule has 3 N–H and O–H groups in total. The predicted molar refractivity (Wildman–Crippen MR) is 47.9 cm³/mol. The molecule has 3 nitrogen and oxygen atoms in total. The third-order valence-electron chi connectivity index (χ3n) is 2.48. The molecule has 0 aromatic heterocycles. The van der Waals surface area contributed by atoms with Crippen LogP contribution in [0, 0.1) is 11.3 Å². The Morgan fingerprint density at radius 2 is 2.15 bits per heavy atom. The van der Waals surface area contributed by atoms with E-state index in [0.29, 0.717) is 5.56 Å². The van der Waals surface area contributed by atoms with Gasteiger partial charge in [-0.15, -0.1) is 0 Å². The van der Waals surface area contributed by atoms with E-state index < -0.39 is 0 Å². The average Bonchev–Trinajstić information content (AvgIpc) is 2.86. The molecule has 1 saturated carbocycles. The van der Waals surface area contributed by atoms with Crippen molar-refractivity contribution in [2.45, 2.75) is 18.4 Å². The molecule has 0 heterocycles. The number of phenols is 1. The number of phenolic OH excluding ortho intramolecular Hbond substituents is 1. The highest BCUT2D eigenvalue weighted by Crippen LogP contribution is 2.43. The van der Waals surface area contributed by atoms with Gasteiger partial charge in [-0.25, -0.2) is 0 Å². The first-order valence-corrected chi connectivity index (χ1v) is 4.18. The summed E-state index contributed by atoms with van der Waals surface area (Å²) < 4.78 is 0. The van der Waals surface area contributed by atoms with Crippen LogP contribution in [0.4, 0.5) is 0 Å². The summed E-state index contributed by atoms with van der Waals surface area (Å²) in [5.41, 5.74) is 6.96. The molecule has 0 unspecified atom stereocenters. The maximum absolute atomic E-state index is 9.26. The number of nitrogens with two attached hydrogens (primary N) is 1. The number of nitrogens with zero attached hydrogens (tertiary/aromatic N) is 1. The summed E-state index contributed by atoms with van der Waals surface area (Å²) in [6.45, 7) is 0. The smallest absolute Gasteiger partial charge is 0.133 e. The second-order valence-electron chi connectivity index (χ2n) is 3.50. The Morgan fingerprint density at radius 1 is 1.46 bits per heavy atom. The lowest BCUT2D eigenvalue weighted by Crippen LogP contribution is -2.18. The quantitative estimate of drug-likeness (QED) is 0.672. The van der Waals surface area contributed by atoms with Crippen molar-refractivity contribution in [1.29, 1.82) is 5.26 Å². The molecule has 1 aromatic rings. The number of nitriles is 1. The van der Waals surface area contributed by atoms with Crippen LogP contribution in [0.15, 0.2) is 18.2 Å². The minimum Gasteiger partial charge on any atom is -0.507 e. The Bertz CT molecular complexity index is 388. The lowest BCUT2D eigenvalue weighted by Gasteiger charge is -2.09. The van der Waals surface area contributed by atoms with Gasteiger partial charge in [0.2, 0.25) is 0 Å². The summed E-state index contributed by atoms with van der Waals surface area (Å²) in [5, 5.41) is 17.9. The van der Waals surface area contributed by atoms with Crippen LogP contribution in [0.25, 0.3) is 0 Å². The second-order valence-corrected chi connectivity index (χ2v) is 3.50. The van der Waals surface area contributed by atoms with E-state index in [1.807, 2.05) is 6.07 Å². The second kappa shape index (κ2) is 2.48. The first kappa shape index (κ1) is 8.09. The number of rotatable bonds is 1. The van der Waals surface area contributed by atoms with Gasteiger partial charge in [0.25, 0.3) is 0 Å². The van der Waals surface area contributed by atoms with Gasteiger partial charge in [0.15, 0.2) is 0 Å². The van der Waals surface area contributed by atoms with Crippen LogP contribution < -0.4 is 5.73 Å². The highest BCUT2D eigenvalue weighted by Gasteiger charge is 2.40. The molecule has 0 aliphatic heterocycles. The van der Waals surface area contributed by atoms with Gasteiger partial charge in [0.05, 0.1) is 5.56 Å². The highest BCUT2D eigenvalue weighted by atomic mass is 16.3. The topological polar surface area (TPSA) is 70.0 Å². The zero-order valence-corrected chi connectivity index (χ0v) is 7.12. The average molecular weight is 174 g/mol. The van der Waals surface area contributed by atoms with Crippen LogP contribution in [-0.4, -0.2) is 5.11 Å². The van der Waals surface area contributed by atoms with Crippen molar-refractivity contribution in [1.82, 2.24) is 0 Å². The van der Waals surface area contributed by atoms with Gasteiger partial charge in [-0.2, -0.15) is 5.26 Å². The number of hydrogen-bond donors (Lipinski definition) is 2. The predicted octanol–water partition coefficient (Wildman–Crippen LogP) is 1.21. The fourth-order valence-electron chi connectivity index (χ4n) is 1.36. The van der Waals surface area contributed by atoms with Crippen molar-refractivity contribution in [2.75, 3.05) is 0 Å². The van der Waals surface area contributed by atoms with E-state index in [-0.39, 0.29) is 11.3 Å². The van der Waals surface area contributed by atoms with E-state index in [1.165, 1.54) is 6.07 Å². The summed E-state index contributed by atoms with van der Waals surface area (Å²) in [6.07, 6.45) is 1.92. The van der Waals surface area contributed by atoms with Crippen LogP contribution in [0.2, 0.25) is 0 Å². The first-order chi connectivity index (χ1) is 6.15. The third-order valence-corrected chi connectivity index (χ3v) is 2.48. The highest BCUT2D eigenvalue weighted by molar-refractivity contribution is 5.47. The van der Waals surface area contributed by atoms with Crippen LogP contribution >= 0.6 is 0 Å². The number of hydrogen-bond acceptors (Lipinski definition) is 3. The van der Waals surface area contributed by atoms with Crippen LogP contribution in [0.1, 0.15) is 24.0 Å². The Labute approximate surface area is 76.4 Å². The zero-order chi connectivity index (χ0) is 9.47. The normalized spacial score (nSPS) is 17.8. The monoisotopic (exact) mass is 174 g/mol. The minimum absolute atomic E-state index is 0.0236. The van der Waals surface area contributed by atoms with Gasteiger partial charge in [0, 0.05) is 5.54 Å². The molecule has 0 radical (unpaired) electrons. The van der Waals surface area contributed by atoms with Gasteiger partial charge in [0.1, 0.15) is 11.8 Å². The Kier molecular flexibility index (Phi) is 1.54. The van der Waals surface area contributed by atoms with E-state index in [2.05, 4.69) is 0 Å². The summed E-state index contributed by atoms with van der Waals surface area (Å²) in [6, 6.07) is 6.91. The molecular weight excluding hydrogens is 164 g/mol. The van der Waals surface area contributed by atoms with Crippen LogP contribution in [-0.2, 0) is 5.54 Å². The van der Waals surface area contributed by atoms with Crippen molar-refractivity contribution in [3.63, 3.8) is 0 Å². The Morgan fingerprint density at radius 3 is 2.69 bits per heavy atom. The fraction of sp³-hybridized carbons (Fsp3) is 0.300. The van der Waals surface area contributed by atoms with Gasteiger partial charge in [-0.1, -0.05) is 6.07 Å². The lowest BCUT2D eigenvalue weighted by atomic mass is 10.0. The van der Waals surface area contributed by atoms with Crippen molar-refractivity contribution in [3.8, 4) is 11.8 Å². The molecule has 2 rings (SSSR count). The fourth-order valence-corrected chi connectivity index (χ4v) is 1.36. The van der Waals surface area contributed by atoms with E-state index in [0.717, 1.165) is 18.4 Å². The molecule has 0 atom stereocenters. The summed E-state index contributed by atoms with van der Waals surface area (Å²) in [7, 11) is 0. The molecule has 0 amide bonds. The van der Waals surface area contributed by atoms with E-state index in [1.54, 1.807) is 12.1 Å². The summed E-state index contributed by atoms with van der Waals surface area (Å²) in [4.78, 5) is 0. The molecule has 3 heteroatoms. The molecule has 1 aliphatic carbocycles. The molecule has 66 valence electrons. The molecule has 0 spiro atoms. The van der Waals surface area contributed by atoms with Crippen molar-refractivity contribution >= 4 is 0 Å². The maximum atomic E-state index is 9.26. The largest absolute Gasteiger partial charge is 0.507 e. The van der Waals surface area contributed by atoms with E-state index >= 15 is 0 Å². The first-order valence-electron chi connectivity index (χ1n) is 4.18. The van der Waals surface area contributed by atoms with Crippen LogP contribution in [0.5, 0.6) is 5.75 Å². The van der Waals surface area contributed by atoms with Gasteiger partial charge < -0.3 is 10.8 Å². The van der Waals surface area contributed by atoms with Gasteiger partial charge in [-0.05, 0) is 30.5 Å². The third kappa shape index (κ3) is 1.25. The molecule has 0 saturated heterocycles. The number of benzene rings is 1. The molecule has 1 aliphatic rings. The SMILES string of the molecule is N#Cc1cc(C2(N)CC2)ccc1O. The van der Waals surface area contributed by atoms with E-state index in [9.17, 15) is 5.11 Å². The molecular formula is C10H10N2O. The Balaban J connectivity index is 2.46. The summed E-state index contributed by atoms with van der Waals surface area (Å²) in [5.74, 6) is 0.0236. The van der Waals surface area contributed by atoms with Crippen molar-refractivity contribution in [3.05, 3.63) is 29.3 Å². The van der Waals surface area contributed by atoms with Crippen molar-refractivity contribution < 1.29 is 5.11 Å². The summed E-state index contributed by atoms with van der Waals surface area (Å²) >= 11 is 0. The van der Waals surface area contributed by atoms with Crippen molar-refractivity contribution in [2.24, 2.45) is 5.73 Å². The van der Waals surface area contributed by atoms with Gasteiger partial charge in [-0.3, -0.25) is 0 Å². The molecule has 1 fully saturated rings. The zero-order valence-electron chi connectivity index (χ0n) is 7.12. The van der Waals surface area contributed by atoms with E-state index in [4.69, 9.17) is 11.0 Å². The van der Waals surface area contributed by atoms with Gasteiger partial charge >= 0.3 is 0 Å². The molecule has 1 aromatic carbocycles. The number of aromatic hydroxyl groups is 1. The molecule has 0 bridgehead atoms. The maximum Gasteiger partial charge on any atom is 0.133 e. The molecule has 13 heavy (non-hydrogen) atoms. The Hall–Kier alpha value is -1.53.